The molecule has 3 aliphatic rings. The van der Waals surface area contributed by atoms with E-state index in [0.717, 1.165) is 32.7 Å². The normalized spacial score (nSPS) is 18.6. The second-order valence-electron chi connectivity index (χ2n) is 30.6. The summed E-state index contributed by atoms with van der Waals surface area (Å²) in [5, 5.41) is 0. The Morgan fingerprint density at radius 3 is 1.11 bits per heavy atom. The fourth-order valence-electron chi connectivity index (χ4n) is 11.6. The van der Waals surface area contributed by atoms with Gasteiger partial charge in [-0.3, -0.25) is 19.2 Å². The van der Waals surface area contributed by atoms with Crippen LogP contribution in [-0.2, 0) is 79.8 Å². The first-order valence-corrected chi connectivity index (χ1v) is 32.9. The number of nitrogens with zero attached hydrogens (tertiary/aromatic N) is 4. The SMILES string of the molecule is CC(C)(C)OC(=O)[C@@H](Cc1cccc(CC(=O)N(CCSc2cccc(C[C@H](C(=O)OC(C)(C)C)[C@H]3CCN(C(=O)OC(C)(C)C)C3)c2)Cc2cccc(C[C@H](C(=O)OC(C)(C)C)[C@H]3CCN(C(=O)OC(C)(C)C)C3)c2)c1)[C@H]1CCN(C(=O)OC(C)(C)C)C1. The first-order chi connectivity index (χ1) is 41.1. The van der Waals surface area contributed by atoms with Gasteiger partial charge in [0.2, 0.25) is 5.91 Å². The Labute approximate surface area is 535 Å². The monoisotopic (exact) mass is 1250 g/mol. The van der Waals surface area contributed by atoms with Gasteiger partial charge in [-0.1, -0.05) is 60.7 Å². The predicted octanol–water partition coefficient (Wildman–Crippen LogP) is 13.3. The Bertz CT molecular complexity index is 2940. The lowest BCUT2D eigenvalue weighted by atomic mass is 9.85. The number of esters is 3. The molecule has 0 spiro atoms. The van der Waals surface area contributed by atoms with Crippen molar-refractivity contribution in [2.75, 3.05) is 51.6 Å². The van der Waals surface area contributed by atoms with Crippen molar-refractivity contribution in [3.63, 3.8) is 0 Å². The van der Waals surface area contributed by atoms with Crippen LogP contribution in [0.15, 0.2) is 77.7 Å². The maximum Gasteiger partial charge on any atom is 0.410 e. The van der Waals surface area contributed by atoms with Crippen LogP contribution in [0.1, 0.15) is 172 Å². The van der Waals surface area contributed by atoms with Crippen molar-refractivity contribution in [1.82, 2.24) is 19.6 Å². The maximum atomic E-state index is 15.0. The number of thioether (sulfide) groups is 1. The number of rotatable bonds is 20. The van der Waals surface area contributed by atoms with E-state index < -0.39 is 69.6 Å². The molecule has 0 aromatic heterocycles. The van der Waals surface area contributed by atoms with Gasteiger partial charge in [-0.15, -0.1) is 11.8 Å². The van der Waals surface area contributed by atoms with Crippen molar-refractivity contribution in [2.45, 2.75) is 215 Å². The van der Waals surface area contributed by atoms with Crippen LogP contribution >= 0.6 is 11.8 Å². The van der Waals surface area contributed by atoms with Gasteiger partial charge in [-0.2, -0.15) is 0 Å². The third-order valence-corrected chi connectivity index (χ3v) is 16.4. The zero-order valence-corrected chi connectivity index (χ0v) is 57.5. The van der Waals surface area contributed by atoms with Gasteiger partial charge in [0.1, 0.15) is 33.6 Å². The number of likely N-dealkylation sites (tertiary alicyclic amines) is 3. The third-order valence-electron chi connectivity index (χ3n) is 15.4. The van der Waals surface area contributed by atoms with Crippen LogP contribution in [0.3, 0.4) is 0 Å². The van der Waals surface area contributed by atoms with Gasteiger partial charge in [0.25, 0.3) is 0 Å². The van der Waals surface area contributed by atoms with Crippen molar-refractivity contribution < 1.29 is 62.0 Å². The summed E-state index contributed by atoms with van der Waals surface area (Å²) in [4.78, 5) is 105. The molecule has 0 unspecified atom stereocenters. The second-order valence-corrected chi connectivity index (χ2v) is 31.8. The molecule has 0 saturated carbocycles. The zero-order valence-electron chi connectivity index (χ0n) is 56.7. The highest BCUT2D eigenvalue weighted by Crippen LogP contribution is 2.35. The molecule has 6 rings (SSSR count). The van der Waals surface area contributed by atoms with Gasteiger partial charge in [0.15, 0.2) is 0 Å². The molecule has 0 aliphatic carbocycles. The van der Waals surface area contributed by atoms with Gasteiger partial charge in [-0.25, -0.2) is 14.4 Å². The lowest BCUT2D eigenvalue weighted by Crippen LogP contribution is -2.38. The molecule has 3 aromatic carbocycles. The summed E-state index contributed by atoms with van der Waals surface area (Å²) in [5.41, 5.74) is 0.239. The van der Waals surface area contributed by atoms with Gasteiger partial charge in [-0.05, 0) is 221 Å². The highest BCUT2D eigenvalue weighted by molar-refractivity contribution is 7.99. The molecule has 3 fully saturated rings. The van der Waals surface area contributed by atoms with Crippen LogP contribution in [-0.4, -0.2) is 147 Å². The molecule has 18 heteroatoms. The molecule has 0 N–H and O–H groups in total. The lowest BCUT2D eigenvalue weighted by Gasteiger charge is -2.28. The van der Waals surface area contributed by atoms with Crippen molar-refractivity contribution >= 4 is 53.9 Å². The van der Waals surface area contributed by atoms with Crippen LogP contribution < -0.4 is 0 Å². The Kier molecular flexibility index (Phi) is 24.0. The number of carbonyl (C=O) groups is 7. The summed E-state index contributed by atoms with van der Waals surface area (Å²) in [5.74, 6) is -2.63. The zero-order chi connectivity index (χ0) is 66.0. The Hall–Kier alpha value is -6.30. The van der Waals surface area contributed by atoms with Crippen molar-refractivity contribution in [1.29, 1.82) is 0 Å². The van der Waals surface area contributed by atoms with E-state index in [-0.39, 0.29) is 54.5 Å². The van der Waals surface area contributed by atoms with E-state index in [1.807, 2.05) is 190 Å². The van der Waals surface area contributed by atoms with Crippen LogP contribution in [0.5, 0.6) is 0 Å². The van der Waals surface area contributed by atoms with E-state index in [2.05, 4.69) is 12.1 Å². The summed E-state index contributed by atoms with van der Waals surface area (Å²) in [6.45, 7) is 36.3. The molecule has 3 saturated heterocycles. The minimum atomic E-state index is -0.730. The van der Waals surface area contributed by atoms with Crippen LogP contribution in [0.25, 0.3) is 0 Å². The molecule has 0 bridgehead atoms. The molecule has 0 radical (unpaired) electrons. The quantitative estimate of drug-likeness (QED) is 0.0590. The molecular weight excluding hydrogens is 1150 g/mol. The number of carbonyl (C=O) groups excluding carboxylic acids is 7. The molecule has 3 aromatic rings. The Balaban J connectivity index is 1.25. The van der Waals surface area contributed by atoms with Crippen molar-refractivity contribution in [3.05, 3.63) is 101 Å². The molecule has 492 valence electrons. The smallest absolute Gasteiger partial charge is 0.410 e. The molecular formula is C71H104N4O13S. The van der Waals surface area contributed by atoms with E-state index in [1.165, 1.54) is 0 Å². The predicted molar refractivity (Wildman–Crippen MR) is 346 cm³/mol. The summed E-state index contributed by atoms with van der Waals surface area (Å²) in [6, 6.07) is 23.9. The Morgan fingerprint density at radius 1 is 0.438 bits per heavy atom. The summed E-state index contributed by atoms with van der Waals surface area (Å²) in [6.07, 6.45) is 1.86. The summed E-state index contributed by atoms with van der Waals surface area (Å²) < 4.78 is 35.1. The average molecular weight is 1250 g/mol. The lowest BCUT2D eigenvalue weighted by molar-refractivity contribution is -0.163. The minimum Gasteiger partial charge on any atom is -0.460 e. The second kappa shape index (κ2) is 29.8. The molecule has 3 aliphatic heterocycles. The van der Waals surface area contributed by atoms with Gasteiger partial charge < -0.3 is 48.0 Å². The molecule has 6 atom stereocenters. The number of benzene rings is 3. The fraction of sp³-hybridized carbons (Fsp3) is 0.648. The van der Waals surface area contributed by atoms with Crippen molar-refractivity contribution in [2.24, 2.45) is 35.5 Å². The molecule has 3 heterocycles. The molecule has 17 nitrogen and oxygen atoms in total. The van der Waals surface area contributed by atoms with Gasteiger partial charge >= 0.3 is 36.2 Å². The van der Waals surface area contributed by atoms with Crippen LogP contribution in [0, 0.1) is 35.5 Å². The Morgan fingerprint density at radius 2 is 0.753 bits per heavy atom. The largest absolute Gasteiger partial charge is 0.460 e. The maximum absolute atomic E-state index is 15.0. The number of amides is 4. The summed E-state index contributed by atoms with van der Waals surface area (Å²) in [7, 11) is 0. The fourth-order valence-corrected chi connectivity index (χ4v) is 12.6. The highest BCUT2D eigenvalue weighted by Gasteiger charge is 2.43. The van der Waals surface area contributed by atoms with E-state index in [0.29, 0.717) is 90.1 Å². The first-order valence-electron chi connectivity index (χ1n) is 31.9. The first kappa shape index (κ1) is 71.8. The van der Waals surface area contributed by atoms with E-state index in [1.54, 1.807) is 26.5 Å². The average Bonchev–Trinajstić information content (AvgIpc) is 3.02. The highest BCUT2D eigenvalue weighted by atomic mass is 32.2. The van der Waals surface area contributed by atoms with E-state index >= 15 is 4.79 Å². The third kappa shape index (κ3) is 24.1. The minimum absolute atomic E-state index is 0.0791. The van der Waals surface area contributed by atoms with E-state index in [9.17, 15) is 28.8 Å². The van der Waals surface area contributed by atoms with Crippen molar-refractivity contribution in [3.8, 4) is 0 Å². The molecule has 89 heavy (non-hydrogen) atoms. The van der Waals surface area contributed by atoms with Crippen LogP contribution in [0.2, 0.25) is 0 Å². The number of ether oxygens (including phenoxy) is 6. The standard InChI is InChI=1S/C71H104N4O13S/c1-66(2,3)83-60(77)56(52-28-31-73(44-52)63(80)86-69(10,11)12)39-47-22-19-24-49(36-47)42-59(76)72(43-51-26-20-23-48(37-51)40-57(61(78)84-67(4,5)6)53-29-32-74(45-53)64(81)87-70(13,14)15)34-35-89-55-27-21-25-50(38-55)41-58(62(79)85-68(7,8)9)54-30-33-75(46-54)65(82)88-71(16,17)18/h19-27,36-38,52-54,56-58H,28-35,39-46H2,1-18H3/t52-,53-,54-,56-,57-,58-/m0/s1. The topological polar surface area (TPSA) is 188 Å². The van der Waals surface area contributed by atoms with Gasteiger partial charge in [0, 0.05) is 63.0 Å². The van der Waals surface area contributed by atoms with Gasteiger partial charge in [0.05, 0.1) is 24.2 Å². The molecule has 4 amide bonds. The number of hydrogen-bond acceptors (Lipinski definition) is 14. The summed E-state index contributed by atoms with van der Waals surface area (Å²) >= 11 is 1.61. The van der Waals surface area contributed by atoms with Crippen LogP contribution in [0.4, 0.5) is 14.4 Å². The van der Waals surface area contributed by atoms with E-state index in [4.69, 9.17) is 28.4 Å². The number of hydrogen-bond donors (Lipinski definition) is 0.